The van der Waals surface area contributed by atoms with Gasteiger partial charge in [0.25, 0.3) is 5.69 Å². The molecule has 1 aromatic rings. The number of carboxylic acid groups (broad SMARTS) is 1. The van der Waals surface area contributed by atoms with Gasteiger partial charge in [-0.05, 0) is 17.2 Å². The van der Waals surface area contributed by atoms with E-state index in [1.807, 2.05) is 32.9 Å². The molecule has 3 atom stereocenters. The fraction of sp³-hybridized carbons (Fsp3) is 0.438. The van der Waals surface area contributed by atoms with Gasteiger partial charge in [0.05, 0.1) is 4.92 Å². The third kappa shape index (κ3) is 3.10. The molecule has 1 aliphatic rings. The van der Waals surface area contributed by atoms with Gasteiger partial charge in [-0.25, -0.2) is 4.79 Å². The lowest BCUT2D eigenvalue weighted by atomic mass is 9.66. The van der Waals surface area contributed by atoms with Crippen LogP contribution in [0.25, 0.3) is 0 Å². The largest absolute Gasteiger partial charge is 0.480 e. The highest BCUT2D eigenvalue weighted by Crippen LogP contribution is 2.43. The number of carboxylic acids is 1. The van der Waals surface area contributed by atoms with Gasteiger partial charge in [0.2, 0.25) is 0 Å². The number of rotatable bonds is 3. The van der Waals surface area contributed by atoms with E-state index in [2.05, 4.69) is 5.32 Å². The van der Waals surface area contributed by atoms with E-state index in [1.165, 1.54) is 12.1 Å². The number of nitrogens with zero attached hydrogens (tertiary/aromatic N) is 1. The number of hydrogen-bond acceptors (Lipinski definition) is 4. The van der Waals surface area contributed by atoms with Gasteiger partial charge < -0.3 is 10.4 Å². The normalized spacial score (nSPS) is 24.6. The molecular formula is C16H20N2O4. The average Bonchev–Trinajstić information content (AvgIpc) is 2.45. The molecule has 0 aliphatic carbocycles. The van der Waals surface area contributed by atoms with Crippen molar-refractivity contribution in [2.24, 2.45) is 11.3 Å². The number of nitro groups is 1. The molecule has 6 heteroatoms. The monoisotopic (exact) mass is 304 g/mol. The second kappa shape index (κ2) is 5.79. The number of aliphatic carboxylic acids is 1. The molecule has 6 nitrogen and oxygen atoms in total. The number of non-ortho nitro benzene ring substituents is 1. The summed E-state index contributed by atoms with van der Waals surface area (Å²) in [6.45, 7) is 5.95. The van der Waals surface area contributed by atoms with Gasteiger partial charge >= 0.3 is 5.97 Å². The van der Waals surface area contributed by atoms with Crippen molar-refractivity contribution in [2.75, 3.05) is 0 Å². The first kappa shape index (κ1) is 16.0. The van der Waals surface area contributed by atoms with E-state index in [1.54, 1.807) is 12.3 Å². The van der Waals surface area contributed by atoms with Crippen molar-refractivity contribution in [3.63, 3.8) is 0 Å². The van der Waals surface area contributed by atoms with Crippen LogP contribution in [-0.4, -0.2) is 22.0 Å². The lowest BCUT2D eigenvalue weighted by Crippen LogP contribution is -2.50. The highest BCUT2D eigenvalue weighted by Gasteiger charge is 2.43. The number of hydrogen-bond donors (Lipinski definition) is 2. The van der Waals surface area contributed by atoms with Gasteiger partial charge in [0.1, 0.15) is 6.04 Å². The Morgan fingerprint density at radius 1 is 1.36 bits per heavy atom. The topological polar surface area (TPSA) is 92.5 Å². The zero-order valence-corrected chi connectivity index (χ0v) is 12.8. The first-order valence-corrected chi connectivity index (χ1v) is 7.11. The zero-order valence-electron chi connectivity index (χ0n) is 12.8. The Hall–Kier alpha value is -2.37. The van der Waals surface area contributed by atoms with Crippen molar-refractivity contribution in [3.05, 3.63) is 52.2 Å². The summed E-state index contributed by atoms with van der Waals surface area (Å²) in [5.41, 5.74) is 0.498. The van der Waals surface area contributed by atoms with Crippen LogP contribution in [0.4, 0.5) is 5.69 Å². The van der Waals surface area contributed by atoms with E-state index in [0.717, 1.165) is 5.56 Å². The molecule has 0 spiro atoms. The zero-order chi connectivity index (χ0) is 16.5. The number of benzene rings is 1. The summed E-state index contributed by atoms with van der Waals surface area (Å²) in [5, 5.41) is 23.3. The van der Waals surface area contributed by atoms with Crippen LogP contribution in [0.3, 0.4) is 0 Å². The molecule has 1 aliphatic heterocycles. The number of nitro benzene ring substituents is 1. The first-order valence-electron chi connectivity index (χ1n) is 7.11. The Morgan fingerprint density at radius 3 is 2.59 bits per heavy atom. The van der Waals surface area contributed by atoms with Gasteiger partial charge in [-0.1, -0.05) is 39.0 Å². The first-order chi connectivity index (χ1) is 10.2. The maximum absolute atomic E-state index is 11.6. The molecular weight excluding hydrogens is 284 g/mol. The molecule has 0 radical (unpaired) electrons. The van der Waals surface area contributed by atoms with Gasteiger partial charge in [0, 0.05) is 24.0 Å². The minimum atomic E-state index is -0.917. The second-order valence-electron chi connectivity index (χ2n) is 6.61. The Bertz CT molecular complexity index is 619. The maximum Gasteiger partial charge on any atom is 0.326 e. The number of allylic oxidation sites excluding steroid dienone is 1. The van der Waals surface area contributed by atoms with Gasteiger partial charge in [-0.2, -0.15) is 0 Å². The van der Waals surface area contributed by atoms with Crippen LogP contribution < -0.4 is 5.32 Å². The molecule has 1 aromatic carbocycles. The van der Waals surface area contributed by atoms with Crippen molar-refractivity contribution in [2.45, 2.75) is 32.7 Å². The predicted molar refractivity (Wildman–Crippen MR) is 82.5 cm³/mol. The maximum atomic E-state index is 11.6. The van der Waals surface area contributed by atoms with Crippen LogP contribution in [0, 0.1) is 21.4 Å². The van der Waals surface area contributed by atoms with Crippen LogP contribution >= 0.6 is 0 Å². The molecule has 0 saturated heterocycles. The number of nitrogens with one attached hydrogen (secondary N) is 1. The van der Waals surface area contributed by atoms with Crippen LogP contribution in [-0.2, 0) is 4.79 Å². The lowest BCUT2D eigenvalue weighted by Gasteiger charge is -2.42. The van der Waals surface area contributed by atoms with Crippen molar-refractivity contribution in [3.8, 4) is 0 Å². The van der Waals surface area contributed by atoms with Gasteiger partial charge in [-0.15, -0.1) is 0 Å². The second-order valence-corrected chi connectivity index (χ2v) is 6.61. The van der Waals surface area contributed by atoms with E-state index < -0.39 is 16.9 Å². The molecule has 1 heterocycles. The summed E-state index contributed by atoms with van der Waals surface area (Å²) in [5.74, 6) is -1.33. The summed E-state index contributed by atoms with van der Waals surface area (Å²) in [7, 11) is 0. The molecule has 0 bridgehead atoms. The third-order valence-electron chi connectivity index (χ3n) is 4.06. The standard InChI is InChI=1S/C16H20N2O4/c1-16(2,3)13-12(7-8-17-14(13)15(19)20)10-5-4-6-11(9-10)18(21)22/h4-9,12-14,17H,1-3H3,(H,19,20). The molecule has 0 saturated carbocycles. The summed E-state index contributed by atoms with van der Waals surface area (Å²) in [4.78, 5) is 22.1. The summed E-state index contributed by atoms with van der Waals surface area (Å²) in [6.07, 6.45) is 3.51. The minimum absolute atomic E-state index is 0.0176. The SMILES string of the molecule is CC(C)(C)C1C(C(=O)O)NC=CC1c1cccc([N+](=O)[O-])c1. The molecule has 3 unspecified atom stereocenters. The Kier molecular flexibility index (Phi) is 4.21. The lowest BCUT2D eigenvalue weighted by molar-refractivity contribution is -0.384. The Labute approximate surface area is 129 Å². The molecule has 0 aromatic heterocycles. The molecule has 0 fully saturated rings. The van der Waals surface area contributed by atoms with Crippen molar-refractivity contribution < 1.29 is 14.8 Å². The van der Waals surface area contributed by atoms with Crippen LogP contribution in [0.2, 0.25) is 0 Å². The molecule has 0 amide bonds. The van der Waals surface area contributed by atoms with Crippen molar-refractivity contribution in [1.29, 1.82) is 0 Å². The highest BCUT2D eigenvalue weighted by atomic mass is 16.6. The van der Waals surface area contributed by atoms with Crippen molar-refractivity contribution in [1.82, 2.24) is 5.32 Å². The average molecular weight is 304 g/mol. The fourth-order valence-corrected chi connectivity index (χ4v) is 3.12. The Balaban J connectivity index is 2.49. The van der Waals surface area contributed by atoms with E-state index in [0.29, 0.717) is 0 Å². The smallest absolute Gasteiger partial charge is 0.326 e. The summed E-state index contributed by atoms with van der Waals surface area (Å²) >= 11 is 0. The van der Waals surface area contributed by atoms with E-state index in [9.17, 15) is 20.0 Å². The van der Waals surface area contributed by atoms with Gasteiger partial charge in [0.15, 0.2) is 0 Å². The molecule has 22 heavy (non-hydrogen) atoms. The quantitative estimate of drug-likeness (QED) is 0.661. The molecule has 2 rings (SSSR count). The predicted octanol–water partition coefficient (Wildman–Crippen LogP) is 2.91. The molecule has 118 valence electrons. The number of carbonyl (C=O) groups is 1. The van der Waals surface area contributed by atoms with E-state index in [4.69, 9.17) is 0 Å². The van der Waals surface area contributed by atoms with Crippen LogP contribution in [0.15, 0.2) is 36.5 Å². The van der Waals surface area contributed by atoms with E-state index >= 15 is 0 Å². The van der Waals surface area contributed by atoms with Crippen LogP contribution in [0.5, 0.6) is 0 Å². The summed E-state index contributed by atoms with van der Waals surface area (Å²) < 4.78 is 0. The highest BCUT2D eigenvalue weighted by molar-refractivity contribution is 5.75. The Morgan fingerprint density at radius 2 is 2.05 bits per heavy atom. The van der Waals surface area contributed by atoms with Crippen molar-refractivity contribution >= 4 is 11.7 Å². The molecule has 2 N–H and O–H groups in total. The third-order valence-corrected chi connectivity index (χ3v) is 4.06. The van der Waals surface area contributed by atoms with E-state index in [-0.39, 0.29) is 22.9 Å². The van der Waals surface area contributed by atoms with Crippen LogP contribution in [0.1, 0.15) is 32.3 Å². The minimum Gasteiger partial charge on any atom is -0.480 e. The van der Waals surface area contributed by atoms with Gasteiger partial charge in [-0.3, -0.25) is 10.1 Å². The fourth-order valence-electron chi connectivity index (χ4n) is 3.12. The summed E-state index contributed by atoms with van der Waals surface area (Å²) in [6, 6.07) is 5.69.